The number of rotatable bonds is 3. The Morgan fingerprint density at radius 3 is 2.38 bits per heavy atom. The van der Waals surface area contributed by atoms with Gasteiger partial charge >= 0.3 is 6.18 Å². The van der Waals surface area contributed by atoms with Crippen molar-refractivity contribution < 1.29 is 22.9 Å². The number of hydrogen-bond acceptors (Lipinski definition) is 3. The highest BCUT2D eigenvalue weighted by molar-refractivity contribution is 5.56. The lowest BCUT2D eigenvalue weighted by molar-refractivity contribution is -0.385. The SMILES string of the molecule is O=CCc1cc([N+](=O)[O-])cc(C(F)(F)F)c1. The lowest BCUT2D eigenvalue weighted by Crippen LogP contribution is -2.07. The smallest absolute Gasteiger partial charge is 0.303 e. The van der Waals surface area contributed by atoms with Crippen LogP contribution in [0.15, 0.2) is 18.2 Å². The number of aldehydes is 1. The second kappa shape index (κ2) is 4.30. The van der Waals surface area contributed by atoms with Crippen molar-refractivity contribution in [3.63, 3.8) is 0 Å². The molecule has 0 heterocycles. The van der Waals surface area contributed by atoms with Crippen LogP contribution in [0.2, 0.25) is 0 Å². The van der Waals surface area contributed by atoms with Crippen LogP contribution in [0.5, 0.6) is 0 Å². The fourth-order valence-electron chi connectivity index (χ4n) is 1.16. The molecular weight excluding hydrogens is 227 g/mol. The highest BCUT2D eigenvalue weighted by Gasteiger charge is 2.32. The molecule has 0 aliphatic carbocycles. The van der Waals surface area contributed by atoms with Crippen LogP contribution in [-0.4, -0.2) is 11.2 Å². The third-order valence-electron chi connectivity index (χ3n) is 1.83. The van der Waals surface area contributed by atoms with Crippen molar-refractivity contribution in [3.05, 3.63) is 39.4 Å². The number of halogens is 3. The van der Waals surface area contributed by atoms with Gasteiger partial charge in [-0.05, 0) is 11.6 Å². The van der Waals surface area contributed by atoms with Gasteiger partial charge in [-0.3, -0.25) is 10.1 Å². The van der Waals surface area contributed by atoms with E-state index in [4.69, 9.17) is 0 Å². The number of alkyl halides is 3. The molecule has 0 fully saturated rings. The highest BCUT2D eigenvalue weighted by Crippen LogP contribution is 2.32. The maximum Gasteiger partial charge on any atom is 0.416 e. The zero-order valence-electron chi connectivity index (χ0n) is 7.82. The summed E-state index contributed by atoms with van der Waals surface area (Å²) in [6.45, 7) is 0. The quantitative estimate of drug-likeness (QED) is 0.457. The molecule has 0 radical (unpaired) electrons. The number of carbonyl (C=O) groups excluding carboxylic acids is 1. The van der Waals surface area contributed by atoms with Gasteiger partial charge < -0.3 is 4.79 Å². The summed E-state index contributed by atoms with van der Waals surface area (Å²) in [6, 6.07) is 2.11. The van der Waals surface area contributed by atoms with E-state index in [2.05, 4.69) is 0 Å². The fourth-order valence-corrected chi connectivity index (χ4v) is 1.16. The first kappa shape index (κ1) is 12.2. The standard InChI is InChI=1S/C9H6F3NO3/c10-9(11,12)7-3-6(1-2-14)4-8(5-7)13(15)16/h2-5H,1H2. The van der Waals surface area contributed by atoms with Gasteiger partial charge in [-0.1, -0.05) is 0 Å². The van der Waals surface area contributed by atoms with Crippen LogP contribution >= 0.6 is 0 Å². The van der Waals surface area contributed by atoms with Crippen LogP contribution in [-0.2, 0) is 17.4 Å². The molecule has 0 aliphatic rings. The average Bonchev–Trinajstić information content (AvgIpc) is 2.16. The summed E-state index contributed by atoms with van der Waals surface area (Å²) in [4.78, 5) is 19.6. The fraction of sp³-hybridized carbons (Fsp3) is 0.222. The molecule has 0 spiro atoms. The van der Waals surface area contributed by atoms with E-state index in [9.17, 15) is 28.1 Å². The number of nitro groups is 1. The van der Waals surface area contributed by atoms with Gasteiger partial charge in [0.2, 0.25) is 0 Å². The Kier molecular flexibility index (Phi) is 3.26. The van der Waals surface area contributed by atoms with Gasteiger partial charge in [0.1, 0.15) is 6.29 Å². The van der Waals surface area contributed by atoms with Crippen molar-refractivity contribution in [1.82, 2.24) is 0 Å². The summed E-state index contributed by atoms with van der Waals surface area (Å²) in [5.74, 6) is 0. The minimum Gasteiger partial charge on any atom is -0.303 e. The predicted molar refractivity (Wildman–Crippen MR) is 47.9 cm³/mol. The van der Waals surface area contributed by atoms with Gasteiger partial charge in [0.15, 0.2) is 0 Å². The van der Waals surface area contributed by atoms with E-state index in [1.54, 1.807) is 0 Å². The van der Waals surface area contributed by atoms with Gasteiger partial charge in [-0.25, -0.2) is 0 Å². The maximum atomic E-state index is 12.3. The Labute approximate surface area is 87.8 Å². The summed E-state index contributed by atoms with van der Waals surface area (Å²) in [6.07, 6.45) is -4.56. The van der Waals surface area contributed by atoms with E-state index in [0.717, 1.165) is 12.1 Å². The van der Waals surface area contributed by atoms with E-state index < -0.39 is 22.4 Å². The molecule has 0 aromatic heterocycles. The first-order chi connectivity index (χ1) is 7.34. The molecule has 4 nitrogen and oxygen atoms in total. The van der Waals surface area contributed by atoms with Gasteiger partial charge in [-0.2, -0.15) is 13.2 Å². The number of nitro benzene ring substituents is 1. The van der Waals surface area contributed by atoms with Crippen LogP contribution in [0.4, 0.5) is 18.9 Å². The van der Waals surface area contributed by atoms with Crippen LogP contribution in [0.1, 0.15) is 11.1 Å². The van der Waals surface area contributed by atoms with Gasteiger partial charge in [-0.15, -0.1) is 0 Å². The topological polar surface area (TPSA) is 60.2 Å². The maximum absolute atomic E-state index is 12.3. The van der Waals surface area contributed by atoms with Crippen molar-refractivity contribution in [2.75, 3.05) is 0 Å². The molecule has 86 valence electrons. The minimum atomic E-state index is -4.66. The molecule has 0 N–H and O–H groups in total. The van der Waals surface area contributed by atoms with Gasteiger partial charge in [0, 0.05) is 18.6 Å². The first-order valence-corrected chi connectivity index (χ1v) is 4.14. The van der Waals surface area contributed by atoms with Crippen molar-refractivity contribution in [2.24, 2.45) is 0 Å². The number of carbonyl (C=O) groups is 1. The normalized spacial score (nSPS) is 11.2. The molecule has 0 aliphatic heterocycles. The summed E-state index contributed by atoms with van der Waals surface area (Å²) in [5.41, 5.74) is -1.83. The van der Waals surface area contributed by atoms with Crippen LogP contribution in [0, 0.1) is 10.1 Å². The largest absolute Gasteiger partial charge is 0.416 e. The molecule has 0 saturated carbocycles. The summed E-state index contributed by atoms with van der Waals surface area (Å²) < 4.78 is 37.0. The molecule has 7 heteroatoms. The molecule has 0 saturated heterocycles. The molecule has 0 bridgehead atoms. The second-order valence-electron chi connectivity index (χ2n) is 3.01. The predicted octanol–water partition coefficient (Wildman–Crippen LogP) is 2.36. The van der Waals surface area contributed by atoms with Crippen molar-refractivity contribution >= 4 is 12.0 Å². The third-order valence-corrected chi connectivity index (χ3v) is 1.83. The molecule has 1 aromatic rings. The van der Waals surface area contributed by atoms with E-state index in [0.29, 0.717) is 12.4 Å². The van der Waals surface area contributed by atoms with Crippen LogP contribution in [0.25, 0.3) is 0 Å². The van der Waals surface area contributed by atoms with Gasteiger partial charge in [0.05, 0.1) is 10.5 Å². The zero-order valence-corrected chi connectivity index (χ0v) is 7.82. The number of benzene rings is 1. The Balaban J connectivity index is 3.29. The lowest BCUT2D eigenvalue weighted by Gasteiger charge is -2.07. The van der Waals surface area contributed by atoms with Crippen molar-refractivity contribution in [1.29, 1.82) is 0 Å². The van der Waals surface area contributed by atoms with Gasteiger partial charge in [0.25, 0.3) is 5.69 Å². The van der Waals surface area contributed by atoms with E-state index >= 15 is 0 Å². The molecule has 0 unspecified atom stereocenters. The summed E-state index contributed by atoms with van der Waals surface area (Å²) >= 11 is 0. The molecule has 0 amide bonds. The van der Waals surface area contributed by atoms with E-state index in [1.807, 2.05) is 0 Å². The summed E-state index contributed by atoms with van der Waals surface area (Å²) in [7, 11) is 0. The Hall–Kier alpha value is -1.92. The first-order valence-electron chi connectivity index (χ1n) is 4.14. The number of hydrogen-bond donors (Lipinski definition) is 0. The van der Waals surface area contributed by atoms with E-state index in [1.165, 1.54) is 0 Å². The zero-order chi connectivity index (χ0) is 12.3. The summed E-state index contributed by atoms with van der Waals surface area (Å²) in [5, 5.41) is 10.4. The number of non-ortho nitro benzene ring substituents is 1. The van der Waals surface area contributed by atoms with E-state index in [-0.39, 0.29) is 12.0 Å². The number of nitrogens with zero attached hydrogens (tertiary/aromatic N) is 1. The highest BCUT2D eigenvalue weighted by atomic mass is 19.4. The van der Waals surface area contributed by atoms with Crippen LogP contribution in [0.3, 0.4) is 0 Å². The second-order valence-corrected chi connectivity index (χ2v) is 3.01. The van der Waals surface area contributed by atoms with Crippen molar-refractivity contribution in [2.45, 2.75) is 12.6 Å². The molecule has 1 aromatic carbocycles. The molecule has 16 heavy (non-hydrogen) atoms. The Morgan fingerprint density at radius 2 is 1.94 bits per heavy atom. The average molecular weight is 233 g/mol. The third kappa shape index (κ3) is 2.78. The van der Waals surface area contributed by atoms with Crippen molar-refractivity contribution in [3.8, 4) is 0 Å². The molecule has 1 rings (SSSR count). The molecule has 0 atom stereocenters. The van der Waals surface area contributed by atoms with Crippen LogP contribution < -0.4 is 0 Å². The lowest BCUT2D eigenvalue weighted by atomic mass is 10.1. The molecular formula is C9H6F3NO3. The Morgan fingerprint density at radius 1 is 1.31 bits per heavy atom. The Bertz CT molecular complexity index is 428. The minimum absolute atomic E-state index is 0.0310. The monoisotopic (exact) mass is 233 g/mol.